The van der Waals surface area contributed by atoms with Crippen molar-refractivity contribution < 1.29 is 18.8 Å². The van der Waals surface area contributed by atoms with Gasteiger partial charge in [0.25, 0.3) is 11.8 Å². The summed E-state index contributed by atoms with van der Waals surface area (Å²) in [4.78, 5) is 19.3. The van der Waals surface area contributed by atoms with Crippen molar-refractivity contribution in [2.24, 2.45) is 0 Å². The predicted molar refractivity (Wildman–Crippen MR) is 103 cm³/mol. The lowest BCUT2D eigenvalue weighted by atomic mass is 10.1. The third-order valence-corrected chi connectivity index (χ3v) is 5.10. The summed E-state index contributed by atoms with van der Waals surface area (Å²) >= 11 is 0. The van der Waals surface area contributed by atoms with Crippen molar-refractivity contribution in [2.45, 2.75) is 19.0 Å². The van der Waals surface area contributed by atoms with E-state index in [1.54, 1.807) is 18.2 Å². The molecule has 0 saturated carbocycles. The molecule has 0 bridgehead atoms. The zero-order valence-corrected chi connectivity index (χ0v) is 15.7. The second kappa shape index (κ2) is 7.56. The molecule has 0 aliphatic carbocycles. The largest absolute Gasteiger partial charge is 0.454 e. The van der Waals surface area contributed by atoms with Crippen molar-refractivity contribution in [3.63, 3.8) is 0 Å². The van der Waals surface area contributed by atoms with E-state index >= 15 is 0 Å². The lowest BCUT2D eigenvalue weighted by Crippen LogP contribution is -2.37. The van der Waals surface area contributed by atoms with Gasteiger partial charge < -0.3 is 19.3 Å². The fourth-order valence-electron chi connectivity index (χ4n) is 3.62. The number of carbonyl (C=O) groups excluding carboxylic acids is 1. The maximum atomic E-state index is 12.6. The van der Waals surface area contributed by atoms with Crippen LogP contribution < -0.4 is 14.8 Å². The standard InChI is InChI=1S/C21H20N4O4/c26-20(15-6-7-17-18(10-15)28-13-27-17)22-16-8-9-25(11-16)12-19-23-21(29-24-19)14-4-2-1-3-5-14/h1-7,10,16H,8-9,11-13H2,(H,22,26). The van der Waals surface area contributed by atoms with Crippen LogP contribution in [0.15, 0.2) is 53.1 Å². The number of amides is 1. The van der Waals surface area contributed by atoms with Crippen molar-refractivity contribution in [3.05, 3.63) is 59.9 Å². The van der Waals surface area contributed by atoms with Gasteiger partial charge in [0.15, 0.2) is 17.3 Å². The Bertz CT molecular complexity index is 1020. The number of ether oxygens (including phenoxy) is 2. The van der Waals surface area contributed by atoms with Crippen molar-refractivity contribution in [2.75, 3.05) is 19.9 Å². The zero-order chi connectivity index (χ0) is 19.6. The van der Waals surface area contributed by atoms with Gasteiger partial charge >= 0.3 is 0 Å². The van der Waals surface area contributed by atoms with Crippen molar-refractivity contribution in [1.82, 2.24) is 20.4 Å². The van der Waals surface area contributed by atoms with Gasteiger partial charge in [-0.05, 0) is 36.8 Å². The molecule has 2 aromatic carbocycles. The van der Waals surface area contributed by atoms with Crippen molar-refractivity contribution in [3.8, 4) is 23.0 Å². The Labute approximate surface area is 167 Å². The monoisotopic (exact) mass is 392 g/mol. The van der Waals surface area contributed by atoms with E-state index in [4.69, 9.17) is 14.0 Å². The summed E-state index contributed by atoms with van der Waals surface area (Å²) in [5, 5.41) is 7.17. The van der Waals surface area contributed by atoms with E-state index in [9.17, 15) is 4.79 Å². The van der Waals surface area contributed by atoms with Crippen LogP contribution in [0.3, 0.4) is 0 Å². The molecule has 148 valence electrons. The van der Waals surface area contributed by atoms with E-state index in [-0.39, 0.29) is 18.7 Å². The molecule has 5 rings (SSSR count). The Morgan fingerprint density at radius 3 is 2.90 bits per heavy atom. The van der Waals surface area contributed by atoms with E-state index < -0.39 is 0 Å². The number of nitrogens with one attached hydrogen (secondary N) is 1. The summed E-state index contributed by atoms with van der Waals surface area (Å²) in [6.07, 6.45) is 0.875. The molecule has 8 heteroatoms. The summed E-state index contributed by atoms with van der Waals surface area (Å²) in [6.45, 7) is 2.39. The van der Waals surface area contributed by atoms with Gasteiger partial charge in [-0.15, -0.1) is 0 Å². The van der Waals surface area contributed by atoms with Crippen LogP contribution in [0.4, 0.5) is 0 Å². The fraction of sp³-hybridized carbons (Fsp3) is 0.286. The van der Waals surface area contributed by atoms with E-state index in [0.29, 0.717) is 35.3 Å². The number of aromatic nitrogens is 2. The summed E-state index contributed by atoms with van der Waals surface area (Å²) < 4.78 is 16.0. The minimum absolute atomic E-state index is 0.0772. The van der Waals surface area contributed by atoms with Crippen molar-refractivity contribution in [1.29, 1.82) is 0 Å². The van der Waals surface area contributed by atoms with Gasteiger partial charge in [0.1, 0.15) is 0 Å². The van der Waals surface area contributed by atoms with Gasteiger partial charge in [-0.1, -0.05) is 23.4 Å². The van der Waals surface area contributed by atoms with Crippen LogP contribution in [0.25, 0.3) is 11.5 Å². The van der Waals surface area contributed by atoms with Crippen LogP contribution in [0.5, 0.6) is 11.5 Å². The highest BCUT2D eigenvalue weighted by Gasteiger charge is 2.26. The second-order valence-electron chi connectivity index (χ2n) is 7.14. The number of nitrogens with zero attached hydrogens (tertiary/aromatic N) is 3. The van der Waals surface area contributed by atoms with Crippen LogP contribution in [-0.2, 0) is 6.54 Å². The summed E-state index contributed by atoms with van der Waals surface area (Å²) in [7, 11) is 0. The van der Waals surface area contributed by atoms with Crippen LogP contribution in [0.2, 0.25) is 0 Å². The van der Waals surface area contributed by atoms with Crippen LogP contribution in [0.1, 0.15) is 22.6 Å². The molecule has 1 amide bonds. The molecule has 3 aromatic rings. The van der Waals surface area contributed by atoms with Crippen LogP contribution >= 0.6 is 0 Å². The molecule has 1 N–H and O–H groups in total. The average molecular weight is 392 g/mol. The highest BCUT2D eigenvalue weighted by molar-refractivity contribution is 5.95. The van der Waals surface area contributed by atoms with Gasteiger partial charge in [-0.3, -0.25) is 9.69 Å². The second-order valence-corrected chi connectivity index (χ2v) is 7.14. The summed E-state index contributed by atoms with van der Waals surface area (Å²) in [5.74, 6) is 2.33. The Morgan fingerprint density at radius 2 is 2.00 bits per heavy atom. The summed E-state index contributed by atoms with van der Waals surface area (Å²) in [6, 6.07) is 15.0. The average Bonchev–Trinajstić information content (AvgIpc) is 3.49. The first kappa shape index (κ1) is 17.7. The van der Waals surface area contributed by atoms with Gasteiger partial charge in [-0.2, -0.15) is 4.98 Å². The number of fused-ring (bicyclic) bond motifs is 1. The van der Waals surface area contributed by atoms with Gasteiger partial charge in [0, 0.05) is 30.3 Å². The van der Waals surface area contributed by atoms with Gasteiger partial charge in [0.05, 0.1) is 6.54 Å². The topological polar surface area (TPSA) is 89.7 Å². The fourth-order valence-corrected chi connectivity index (χ4v) is 3.62. The van der Waals surface area contributed by atoms with Crippen LogP contribution in [-0.4, -0.2) is 46.9 Å². The number of hydrogen-bond donors (Lipinski definition) is 1. The van der Waals surface area contributed by atoms with Crippen molar-refractivity contribution >= 4 is 5.91 Å². The normalized spacial score (nSPS) is 18.1. The minimum atomic E-state index is -0.110. The SMILES string of the molecule is O=C(NC1CCN(Cc2noc(-c3ccccc3)n2)C1)c1ccc2c(c1)OCO2. The van der Waals surface area contributed by atoms with Gasteiger partial charge in [0.2, 0.25) is 6.79 Å². The molecule has 1 unspecified atom stereocenters. The van der Waals surface area contributed by atoms with Gasteiger partial charge in [-0.25, -0.2) is 0 Å². The molecule has 29 heavy (non-hydrogen) atoms. The van der Waals surface area contributed by atoms with E-state index in [1.807, 2.05) is 30.3 Å². The Hall–Kier alpha value is -3.39. The Balaban J connectivity index is 1.17. The molecule has 2 aliphatic rings. The Kier molecular flexibility index (Phi) is 4.61. The number of benzene rings is 2. The molecule has 1 aromatic heterocycles. The number of carbonyl (C=O) groups is 1. The predicted octanol–water partition coefficient (Wildman–Crippen LogP) is 2.47. The third kappa shape index (κ3) is 3.79. The van der Waals surface area contributed by atoms with E-state index in [2.05, 4.69) is 20.4 Å². The maximum absolute atomic E-state index is 12.6. The molecule has 0 spiro atoms. The van der Waals surface area contributed by atoms with E-state index in [0.717, 1.165) is 25.1 Å². The number of rotatable bonds is 5. The minimum Gasteiger partial charge on any atom is -0.454 e. The first-order valence-corrected chi connectivity index (χ1v) is 9.55. The summed E-state index contributed by atoms with van der Waals surface area (Å²) in [5.41, 5.74) is 1.47. The maximum Gasteiger partial charge on any atom is 0.257 e. The molecule has 0 radical (unpaired) electrons. The first-order chi connectivity index (χ1) is 14.2. The molecule has 8 nitrogen and oxygen atoms in total. The first-order valence-electron chi connectivity index (χ1n) is 9.55. The quantitative estimate of drug-likeness (QED) is 0.713. The molecule has 1 saturated heterocycles. The van der Waals surface area contributed by atoms with E-state index in [1.165, 1.54) is 0 Å². The molecular weight excluding hydrogens is 372 g/mol. The molecular formula is C21H20N4O4. The highest BCUT2D eigenvalue weighted by atomic mass is 16.7. The Morgan fingerprint density at radius 1 is 1.14 bits per heavy atom. The molecule has 1 fully saturated rings. The smallest absolute Gasteiger partial charge is 0.257 e. The number of hydrogen-bond acceptors (Lipinski definition) is 7. The zero-order valence-electron chi connectivity index (χ0n) is 15.7. The third-order valence-electron chi connectivity index (χ3n) is 5.10. The van der Waals surface area contributed by atoms with Crippen LogP contribution in [0, 0.1) is 0 Å². The molecule has 1 atom stereocenters. The lowest BCUT2D eigenvalue weighted by Gasteiger charge is -2.15. The highest BCUT2D eigenvalue weighted by Crippen LogP contribution is 2.32. The number of likely N-dealkylation sites (tertiary alicyclic amines) is 1. The molecule has 2 aliphatic heterocycles. The lowest BCUT2D eigenvalue weighted by molar-refractivity contribution is 0.0937. The molecule has 3 heterocycles.